The van der Waals surface area contributed by atoms with Crippen LogP contribution in [0.4, 0.5) is 5.69 Å². The summed E-state index contributed by atoms with van der Waals surface area (Å²) >= 11 is 12.5. The zero-order chi connectivity index (χ0) is 21.1. The van der Waals surface area contributed by atoms with Crippen LogP contribution in [-0.2, 0) is 10.0 Å². The molecule has 1 saturated heterocycles. The first-order valence-electron chi connectivity index (χ1n) is 10.3. The fourth-order valence-corrected chi connectivity index (χ4v) is 5.82. The molecule has 1 N–H and O–H groups in total. The van der Waals surface area contributed by atoms with Crippen molar-refractivity contribution in [3.8, 4) is 0 Å². The third-order valence-corrected chi connectivity index (χ3v) is 8.31. The first-order chi connectivity index (χ1) is 14.4. The summed E-state index contributed by atoms with van der Waals surface area (Å²) in [6.07, 6.45) is 5.86. The number of benzene rings is 1. The molecule has 0 radical (unpaired) electrons. The van der Waals surface area contributed by atoms with Gasteiger partial charge in [-0.2, -0.15) is 0 Å². The highest BCUT2D eigenvalue weighted by Gasteiger charge is 2.33. The molecule has 0 amide bonds. The number of pyridine rings is 1. The molecule has 0 unspecified atom stereocenters. The molecule has 0 bridgehead atoms. The van der Waals surface area contributed by atoms with Crippen molar-refractivity contribution >= 4 is 38.9 Å². The van der Waals surface area contributed by atoms with Gasteiger partial charge in [-0.05, 0) is 56.0 Å². The summed E-state index contributed by atoms with van der Waals surface area (Å²) in [6, 6.07) is 9.00. The predicted molar refractivity (Wildman–Crippen MR) is 121 cm³/mol. The van der Waals surface area contributed by atoms with Gasteiger partial charge in [-0.25, -0.2) is 13.1 Å². The lowest BCUT2D eigenvalue weighted by Gasteiger charge is -2.39. The second kappa shape index (κ2) is 9.40. The monoisotopic (exact) mass is 468 g/mol. The van der Waals surface area contributed by atoms with E-state index in [9.17, 15) is 8.42 Å². The molecule has 0 spiro atoms. The molecule has 1 aromatic heterocycles. The lowest BCUT2D eigenvalue weighted by atomic mass is 9.79. The quantitative estimate of drug-likeness (QED) is 0.671. The number of nitrogens with zero attached hydrogens (tertiary/aromatic N) is 3. The first-order valence-corrected chi connectivity index (χ1v) is 12.5. The number of anilines is 1. The van der Waals surface area contributed by atoms with E-state index in [0.717, 1.165) is 57.7 Å². The van der Waals surface area contributed by atoms with Gasteiger partial charge >= 0.3 is 0 Å². The molecule has 4 rings (SSSR count). The fourth-order valence-electron chi connectivity index (χ4n) is 4.18. The molecule has 6 nitrogen and oxygen atoms in total. The summed E-state index contributed by atoms with van der Waals surface area (Å²) < 4.78 is 27.5. The maximum absolute atomic E-state index is 12.4. The highest BCUT2D eigenvalue weighted by molar-refractivity contribution is 7.89. The van der Waals surface area contributed by atoms with E-state index < -0.39 is 10.0 Å². The average molecular weight is 469 g/mol. The molecular formula is C21H26Cl2N4O2S. The highest BCUT2D eigenvalue weighted by atomic mass is 35.5. The Morgan fingerprint density at radius 2 is 1.83 bits per heavy atom. The van der Waals surface area contributed by atoms with Crippen LogP contribution in [-0.4, -0.2) is 57.1 Å². The van der Waals surface area contributed by atoms with E-state index in [4.69, 9.17) is 23.2 Å². The molecule has 9 heteroatoms. The second-order valence-corrected chi connectivity index (χ2v) is 10.5. The Labute approximate surface area is 188 Å². The minimum Gasteiger partial charge on any atom is -0.368 e. The number of sulfonamides is 1. The van der Waals surface area contributed by atoms with Crippen molar-refractivity contribution in [3.63, 3.8) is 0 Å². The van der Waals surface area contributed by atoms with Gasteiger partial charge in [0, 0.05) is 44.6 Å². The summed E-state index contributed by atoms with van der Waals surface area (Å²) in [5.41, 5.74) is 1.01. The number of hydrogen-bond donors (Lipinski definition) is 1. The zero-order valence-electron chi connectivity index (χ0n) is 16.7. The van der Waals surface area contributed by atoms with Crippen molar-refractivity contribution in [1.82, 2.24) is 14.6 Å². The van der Waals surface area contributed by atoms with Gasteiger partial charge in [0.15, 0.2) is 0 Å². The van der Waals surface area contributed by atoms with Crippen molar-refractivity contribution in [2.45, 2.75) is 30.2 Å². The maximum Gasteiger partial charge on any atom is 0.242 e. The number of aromatic nitrogens is 1. The largest absolute Gasteiger partial charge is 0.368 e. The zero-order valence-corrected chi connectivity index (χ0v) is 19.0. The van der Waals surface area contributed by atoms with Crippen LogP contribution in [0, 0.1) is 5.92 Å². The van der Waals surface area contributed by atoms with Gasteiger partial charge in [-0.1, -0.05) is 29.3 Å². The number of rotatable bonds is 7. The van der Waals surface area contributed by atoms with Crippen LogP contribution in [0.1, 0.15) is 19.3 Å². The molecule has 2 heterocycles. The van der Waals surface area contributed by atoms with Gasteiger partial charge in [0.05, 0.1) is 15.7 Å². The lowest BCUT2D eigenvalue weighted by molar-refractivity contribution is 0.182. The van der Waals surface area contributed by atoms with Crippen molar-refractivity contribution < 1.29 is 8.42 Å². The van der Waals surface area contributed by atoms with Gasteiger partial charge < -0.3 is 4.90 Å². The predicted octanol–water partition coefficient (Wildman–Crippen LogP) is 3.66. The SMILES string of the molecule is O=S(=O)(NC1CC(CCN2CCN(c3cccc(Cl)c3Cl)CC2)C1)c1cccnc1. The van der Waals surface area contributed by atoms with Gasteiger partial charge in [0.1, 0.15) is 4.90 Å². The van der Waals surface area contributed by atoms with Crippen LogP contribution in [0.2, 0.25) is 10.0 Å². The van der Waals surface area contributed by atoms with Crippen LogP contribution < -0.4 is 9.62 Å². The smallest absolute Gasteiger partial charge is 0.242 e. The van der Waals surface area contributed by atoms with Gasteiger partial charge in [-0.15, -0.1) is 0 Å². The van der Waals surface area contributed by atoms with E-state index in [1.807, 2.05) is 18.2 Å². The summed E-state index contributed by atoms with van der Waals surface area (Å²) in [5.74, 6) is 0.576. The van der Waals surface area contributed by atoms with Crippen molar-refractivity contribution in [2.75, 3.05) is 37.6 Å². The standard InChI is InChI=1S/C21H26Cl2N4O2S/c22-19-4-1-5-20(21(19)23)27-11-9-26(10-12-27)8-6-16-13-17(14-16)25-30(28,29)18-3-2-7-24-15-18/h1-5,7,15-17,25H,6,8-14H2. The van der Waals surface area contributed by atoms with E-state index in [0.29, 0.717) is 16.0 Å². The average Bonchev–Trinajstić information content (AvgIpc) is 2.73. The second-order valence-electron chi connectivity index (χ2n) is 8.03. The summed E-state index contributed by atoms with van der Waals surface area (Å²) in [6.45, 7) is 4.89. The van der Waals surface area contributed by atoms with Crippen LogP contribution in [0.15, 0.2) is 47.6 Å². The normalized spacial score (nSPS) is 22.7. The van der Waals surface area contributed by atoms with Gasteiger partial charge in [0.25, 0.3) is 0 Å². The van der Waals surface area contributed by atoms with E-state index in [1.54, 1.807) is 18.3 Å². The summed E-state index contributed by atoms with van der Waals surface area (Å²) in [5, 5.41) is 1.22. The Kier molecular flexibility index (Phi) is 6.85. The van der Waals surface area contributed by atoms with E-state index >= 15 is 0 Å². The van der Waals surface area contributed by atoms with Crippen molar-refractivity contribution in [3.05, 3.63) is 52.8 Å². The number of piperazine rings is 1. The highest BCUT2D eigenvalue weighted by Crippen LogP contribution is 2.34. The minimum atomic E-state index is -3.47. The van der Waals surface area contributed by atoms with Gasteiger partial charge in [-0.3, -0.25) is 9.88 Å². The van der Waals surface area contributed by atoms with Crippen molar-refractivity contribution in [1.29, 1.82) is 0 Å². The van der Waals surface area contributed by atoms with Gasteiger partial charge in [0.2, 0.25) is 10.0 Å². The van der Waals surface area contributed by atoms with E-state index in [1.165, 1.54) is 6.20 Å². The first kappa shape index (κ1) is 21.8. The van der Waals surface area contributed by atoms with E-state index in [-0.39, 0.29) is 10.9 Å². The molecule has 162 valence electrons. The molecule has 1 saturated carbocycles. The van der Waals surface area contributed by atoms with Crippen LogP contribution in [0.5, 0.6) is 0 Å². The van der Waals surface area contributed by atoms with Crippen LogP contribution in [0.25, 0.3) is 0 Å². The molecule has 1 aliphatic heterocycles. The number of halogens is 2. The third kappa shape index (κ3) is 5.08. The lowest BCUT2D eigenvalue weighted by Crippen LogP contribution is -2.48. The molecule has 30 heavy (non-hydrogen) atoms. The Hall–Kier alpha value is -1.38. The maximum atomic E-state index is 12.4. The van der Waals surface area contributed by atoms with Crippen molar-refractivity contribution in [2.24, 2.45) is 5.92 Å². The van der Waals surface area contributed by atoms with Crippen LogP contribution in [0.3, 0.4) is 0 Å². The molecule has 0 atom stereocenters. The molecular weight excluding hydrogens is 443 g/mol. The fraction of sp³-hybridized carbons (Fsp3) is 0.476. The Bertz CT molecular complexity index is 960. The summed E-state index contributed by atoms with van der Waals surface area (Å²) in [7, 11) is -3.47. The molecule has 2 fully saturated rings. The molecule has 2 aliphatic rings. The summed E-state index contributed by atoms with van der Waals surface area (Å²) in [4.78, 5) is 8.88. The number of hydrogen-bond acceptors (Lipinski definition) is 5. The van der Waals surface area contributed by atoms with E-state index in [2.05, 4.69) is 19.5 Å². The third-order valence-electron chi connectivity index (χ3n) is 6.00. The molecule has 1 aromatic carbocycles. The Morgan fingerprint density at radius 1 is 1.07 bits per heavy atom. The van der Waals surface area contributed by atoms with Crippen LogP contribution >= 0.6 is 23.2 Å². The Balaban J connectivity index is 1.18. The molecule has 2 aromatic rings. The minimum absolute atomic E-state index is 0.0297. The number of nitrogens with one attached hydrogen (secondary N) is 1. The molecule has 1 aliphatic carbocycles. The Morgan fingerprint density at radius 3 is 2.53 bits per heavy atom. The topological polar surface area (TPSA) is 65.5 Å².